The summed E-state index contributed by atoms with van der Waals surface area (Å²) in [5.41, 5.74) is -1.85. The molecular formula is C9H11BrN2Na3O15P3. The van der Waals surface area contributed by atoms with Crippen molar-refractivity contribution in [2.24, 2.45) is 0 Å². The van der Waals surface area contributed by atoms with E-state index >= 15 is 0 Å². The molecular weight excluding hydrogens is 618 g/mol. The van der Waals surface area contributed by atoms with E-state index < -0.39 is 65.9 Å². The molecule has 1 aromatic rings. The number of nitrogens with one attached hydrogen (secondary N) is 1. The Labute approximate surface area is 258 Å². The molecule has 0 aromatic carbocycles. The molecule has 0 radical (unpaired) electrons. The first kappa shape index (κ1) is 37.6. The number of phosphoric acid groups is 3. The van der Waals surface area contributed by atoms with Crippen LogP contribution >= 0.6 is 39.4 Å². The summed E-state index contributed by atoms with van der Waals surface area (Å²) in [6.07, 6.45) is -6.04. The van der Waals surface area contributed by atoms with E-state index in [1.165, 1.54) is 0 Å². The zero-order chi connectivity index (χ0) is 23.1. The number of rotatable bonds is 8. The minimum Gasteiger partial charge on any atom is -0.756 e. The van der Waals surface area contributed by atoms with Crippen molar-refractivity contribution in [3.05, 3.63) is 31.5 Å². The second-order valence-electron chi connectivity index (χ2n) is 5.51. The first-order valence-electron chi connectivity index (χ1n) is 7.27. The Morgan fingerprint density at radius 3 is 2.12 bits per heavy atom. The topological polar surface area (TPSA) is 273 Å². The van der Waals surface area contributed by atoms with Gasteiger partial charge in [-0.25, -0.2) is 13.4 Å². The summed E-state index contributed by atoms with van der Waals surface area (Å²) in [6, 6.07) is 0. The van der Waals surface area contributed by atoms with Crippen molar-refractivity contribution in [2.45, 2.75) is 24.5 Å². The zero-order valence-corrected chi connectivity index (χ0v) is 27.3. The van der Waals surface area contributed by atoms with Crippen molar-refractivity contribution < 1.29 is 150 Å². The zero-order valence-electron chi connectivity index (χ0n) is 17.0. The largest absolute Gasteiger partial charge is 1.00 e. The summed E-state index contributed by atoms with van der Waals surface area (Å²) >= 11 is 2.83. The van der Waals surface area contributed by atoms with E-state index in [1.54, 1.807) is 0 Å². The van der Waals surface area contributed by atoms with Gasteiger partial charge in [0.2, 0.25) is 0 Å². The van der Waals surface area contributed by atoms with Crippen molar-refractivity contribution in [3.8, 4) is 0 Å². The Balaban J connectivity index is 0. The molecule has 0 amide bonds. The predicted molar refractivity (Wildman–Crippen MR) is 88.1 cm³/mol. The summed E-state index contributed by atoms with van der Waals surface area (Å²) in [5.74, 6) is 0. The normalized spacial score (nSPS) is 27.6. The van der Waals surface area contributed by atoms with Gasteiger partial charge < -0.3 is 39.0 Å². The fourth-order valence-electron chi connectivity index (χ4n) is 2.20. The molecule has 172 valence electrons. The molecule has 1 aliphatic rings. The molecule has 4 N–H and O–H groups in total. The van der Waals surface area contributed by atoms with Gasteiger partial charge in [-0.05, 0) is 15.9 Å². The van der Waals surface area contributed by atoms with Crippen molar-refractivity contribution in [1.29, 1.82) is 0 Å². The number of H-pyrrole nitrogens is 1. The summed E-state index contributed by atoms with van der Waals surface area (Å²) in [7, 11) is -17.9. The van der Waals surface area contributed by atoms with Gasteiger partial charge in [-0.3, -0.25) is 28.0 Å². The van der Waals surface area contributed by atoms with Crippen LogP contribution in [0.3, 0.4) is 0 Å². The maximum atomic E-state index is 11.8. The van der Waals surface area contributed by atoms with E-state index in [9.17, 15) is 48.2 Å². The standard InChI is InChI=1S/C9H14BrN2O15P3.3Na/c10-3-1-12(9(16)11-7(3)15)8-6(14)5(13)4(25-8)2-24-29(20,21)27-30(22,23)26-28(17,18)19;;;/h1,4-6,8,13-14H,2H2,(H,20,21)(H,22,23)(H,11,15,16)(H2,17,18,19);;;/q;3*+1/p-3/t4-,5-,6-,8-;;;/m1.../s1. The van der Waals surface area contributed by atoms with Crippen LogP contribution in [0.4, 0.5) is 0 Å². The molecule has 1 saturated heterocycles. The maximum Gasteiger partial charge on any atom is 1.00 e. The van der Waals surface area contributed by atoms with Crippen LogP contribution in [0, 0.1) is 0 Å². The summed E-state index contributed by atoms with van der Waals surface area (Å²) in [6.45, 7) is -1.16. The number of nitrogens with zero attached hydrogens (tertiary/aromatic N) is 1. The molecule has 3 unspecified atom stereocenters. The monoisotopic (exact) mass is 628 g/mol. The molecule has 7 atom stereocenters. The van der Waals surface area contributed by atoms with E-state index in [0.717, 1.165) is 6.20 Å². The van der Waals surface area contributed by atoms with Crippen molar-refractivity contribution in [1.82, 2.24) is 9.55 Å². The smallest absolute Gasteiger partial charge is 0.756 e. The number of aromatic amines is 1. The van der Waals surface area contributed by atoms with Crippen LogP contribution in [0.1, 0.15) is 6.23 Å². The molecule has 24 heteroatoms. The SMILES string of the molecule is O=c1[nH]c(=O)n([C@@H]2O[C@H](COP(=O)([O-])OP(=O)([O-])OP(=O)([O-])O)[C@@H](O)[C@H]2O)cc1Br.[Na+].[Na+].[Na+]. The fourth-order valence-corrected chi connectivity index (χ4v) is 5.41. The molecule has 0 saturated carbocycles. The molecule has 0 bridgehead atoms. The Kier molecular flexibility index (Phi) is 16.6. The predicted octanol–water partition coefficient (Wildman–Crippen LogP) is -12.6. The first-order chi connectivity index (χ1) is 13.5. The van der Waals surface area contributed by atoms with Crippen LogP contribution < -0.4 is 115 Å². The third-order valence-electron chi connectivity index (χ3n) is 3.34. The minimum absolute atomic E-state index is 0. The van der Waals surface area contributed by atoms with E-state index in [-0.39, 0.29) is 93.1 Å². The van der Waals surface area contributed by atoms with Gasteiger partial charge in [0.15, 0.2) is 6.23 Å². The molecule has 1 fully saturated rings. The number of aliphatic hydroxyl groups is 2. The maximum absolute atomic E-state index is 11.8. The number of ether oxygens (including phenoxy) is 1. The molecule has 0 aliphatic carbocycles. The molecule has 1 aliphatic heterocycles. The number of halogens is 1. The molecule has 33 heavy (non-hydrogen) atoms. The van der Waals surface area contributed by atoms with Gasteiger partial charge >= 0.3 is 94.4 Å². The second kappa shape index (κ2) is 14.6. The Bertz CT molecular complexity index is 1060. The van der Waals surface area contributed by atoms with Crippen LogP contribution in [-0.4, -0.2) is 49.6 Å². The molecule has 1 aromatic heterocycles. The van der Waals surface area contributed by atoms with E-state index in [4.69, 9.17) is 9.63 Å². The van der Waals surface area contributed by atoms with E-state index in [1.807, 2.05) is 4.98 Å². The summed E-state index contributed by atoms with van der Waals surface area (Å²) < 4.78 is 49.3. The van der Waals surface area contributed by atoms with Gasteiger partial charge in [0.25, 0.3) is 29.0 Å². The second-order valence-corrected chi connectivity index (χ2v) is 10.7. The Morgan fingerprint density at radius 2 is 1.61 bits per heavy atom. The minimum atomic E-state index is -6.11. The van der Waals surface area contributed by atoms with Gasteiger partial charge in [0.05, 0.1) is 11.1 Å². The quantitative estimate of drug-likeness (QED) is 0.154. The molecule has 2 heterocycles. The van der Waals surface area contributed by atoms with Crippen LogP contribution in [0.2, 0.25) is 0 Å². The van der Waals surface area contributed by atoms with E-state index in [2.05, 4.69) is 29.1 Å². The van der Waals surface area contributed by atoms with Gasteiger partial charge in [-0.2, -0.15) is 0 Å². The number of hydrogen-bond donors (Lipinski definition) is 4. The number of phosphoric ester groups is 1. The number of hydrogen-bond acceptors (Lipinski definition) is 14. The third kappa shape index (κ3) is 11.4. The molecule has 17 nitrogen and oxygen atoms in total. The average Bonchev–Trinajstić information content (AvgIpc) is 2.81. The third-order valence-corrected chi connectivity index (χ3v) is 7.59. The van der Waals surface area contributed by atoms with Crippen LogP contribution in [-0.2, 0) is 31.6 Å². The summed E-state index contributed by atoms with van der Waals surface area (Å²) in [4.78, 5) is 66.3. The Hall–Kier alpha value is 2.45. The fraction of sp³-hybridized carbons (Fsp3) is 0.556. The van der Waals surface area contributed by atoms with Gasteiger partial charge in [0.1, 0.15) is 18.3 Å². The van der Waals surface area contributed by atoms with Gasteiger partial charge in [-0.1, -0.05) is 0 Å². The van der Waals surface area contributed by atoms with Crippen LogP contribution in [0.15, 0.2) is 20.3 Å². The summed E-state index contributed by atoms with van der Waals surface area (Å²) in [5, 5.41) is 20.0. The first-order valence-corrected chi connectivity index (χ1v) is 12.5. The van der Waals surface area contributed by atoms with E-state index in [0.29, 0.717) is 4.57 Å². The molecule has 2 rings (SSSR count). The average molecular weight is 629 g/mol. The number of aliphatic hydroxyl groups excluding tert-OH is 2. The Morgan fingerprint density at radius 1 is 1.06 bits per heavy atom. The van der Waals surface area contributed by atoms with Crippen molar-refractivity contribution >= 4 is 39.4 Å². The van der Waals surface area contributed by atoms with Crippen LogP contribution in [0.5, 0.6) is 0 Å². The van der Waals surface area contributed by atoms with Crippen LogP contribution in [0.25, 0.3) is 0 Å². The number of aromatic nitrogens is 2. The van der Waals surface area contributed by atoms with Gasteiger partial charge in [0, 0.05) is 6.20 Å². The van der Waals surface area contributed by atoms with Crippen molar-refractivity contribution in [3.63, 3.8) is 0 Å². The van der Waals surface area contributed by atoms with Crippen molar-refractivity contribution in [2.75, 3.05) is 6.61 Å². The molecule has 0 spiro atoms. The van der Waals surface area contributed by atoms with Gasteiger partial charge in [-0.15, -0.1) is 0 Å².